The first-order valence-electron chi connectivity index (χ1n) is 9.05. The van der Waals surface area contributed by atoms with Gasteiger partial charge in [0.25, 0.3) is 17.3 Å². The summed E-state index contributed by atoms with van der Waals surface area (Å²) in [5.41, 5.74) is 0.306. The summed E-state index contributed by atoms with van der Waals surface area (Å²) in [6.45, 7) is 0.649. The molecular formula is C21H18N4O5. The van der Waals surface area contributed by atoms with E-state index in [-0.39, 0.29) is 12.1 Å². The van der Waals surface area contributed by atoms with Gasteiger partial charge in [-0.2, -0.15) is 0 Å². The molecule has 0 unspecified atom stereocenters. The van der Waals surface area contributed by atoms with Crippen molar-refractivity contribution in [1.82, 2.24) is 0 Å². The minimum atomic E-state index is -0.756. The molecule has 9 nitrogen and oxygen atoms in total. The average molecular weight is 406 g/mol. The van der Waals surface area contributed by atoms with Crippen molar-refractivity contribution in [3.05, 3.63) is 105 Å². The van der Waals surface area contributed by atoms with Crippen LogP contribution in [0, 0.1) is 20.2 Å². The average Bonchev–Trinajstić information content (AvgIpc) is 2.77. The van der Waals surface area contributed by atoms with E-state index >= 15 is 0 Å². The number of nitro benzene ring substituents is 2. The van der Waals surface area contributed by atoms with E-state index in [1.807, 2.05) is 30.3 Å². The zero-order chi connectivity index (χ0) is 21.5. The molecule has 0 aliphatic heterocycles. The van der Waals surface area contributed by atoms with Gasteiger partial charge in [0.2, 0.25) is 0 Å². The largest absolute Gasteiger partial charge is 0.383 e. The minimum Gasteiger partial charge on any atom is -0.383 e. The first-order valence-corrected chi connectivity index (χ1v) is 9.05. The number of nitro groups is 2. The number of benzene rings is 3. The van der Waals surface area contributed by atoms with Crippen LogP contribution in [0.25, 0.3) is 0 Å². The molecule has 0 aliphatic rings. The van der Waals surface area contributed by atoms with Crippen molar-refractivity contribution in [2.75, 3.05) is 23.3 Å². The lowest BCUT2D eigenvalue weighted by atomic mass is 10.1. The maximum absolute atomic E-state index is 13.2. The molecule has 0 saturated carbocycles. The Morgan fingerprint density at radius 2 is 1.37 bits per heavy atom. The lowest BCUT2D eigenvalue weighted by Gasteiger charge is -2.23. The highest BCUT2D eigenvalue weighted by molar-refractivity contribution is 6.07. The highest BCUT2D eigenvalue weighted by Gasteiger charge is 2.24. The molecule has 0 spiro atoms. The van der Waals surface area contributed by atoms with Crippen molar-refractivity contribution in [3.8, 4) is 0 Å². The molecule has 152 valence electrons. The van der Waals surface area contributed by atoms with Crippen LogP contribution in [0.5, 0.6) is 0 Å². The van der Waals surface area contributed by atoms with Crippen molar-refractivity contribution in [2.45, 2.75) is 0 Å². The zero-order valence-corrected chi connectivity index (χ0v) is 15.8. The van der Waals surface area contributed by atoms with Crippen LogP contribution in [0.15, 0.2) is 78.9 Å². The number of carbonyl (C=O) groups excluding carboxylic acids is 1. The van der Waals surface area contributed by atoms with Crippen molar-refractivity contribution in [3.63, 3.8) is 0 Å². The van der Waals surface area contributed by atoms with Gasteiger partial charge in [-0.25, -0.2) is 0 Å². The standard InChI is InChI=1S/C21H18N4O5/c26-21(16-13-19(24(27)28)15-20(14-16)25(29)30)23(18-9-5-2-6-10-18)12-11-22-17-7-3-1-4-8-17/h1-10,13-15,22H,11-12H2. The second-order valence-electron chi connectivity index (χ2n) is 6.34. The molecule has 3 aromatic rings. The summed E-state index contributed by atoms with van der Waals surface area (Å²) < 4.78 is 0. The Morgan fingerprint density at radius 3 is 1.90 bits per heavy atom. The van der Waals surface area contributed by atoms with Gasteiger partial charge in [0.15, 0.2) is 0 Å². The maximum atomic E-state index is 13.2. The van der Waals surface area contributed by atoms with Crippen LogP contribution in [0.1, 0.15) is 10.4 Å². The third kappa shape index (κ3) is 4.96. The van der Waals surface area contributed by atoms with Gasteiger partial charge in [-0.3, -0.25) is 25.0 Å². The van der Waals surface area contributed by atoms with E-state index in [0.29, 0.717) is 12.2 Å². The number of nitrogens with zero attached hydrogens (tertiary/aromatic N) is 3. The van der Waals surface area contributed by atoms with Gasteiger partial charge in [0.1, 0.15) is 0 Å². The normalized spacial score (nSPS) is 10.3. The van der Waals surface area contributed by atoms with Crippen molar-refractivity contribution < 1.29 is 14.6 Å². The lowest BCUT2D eigenvalue weighted by molar-refractivity contribution is -0.394. The van der Waals surface area contributed by atoms with Gasteiger partial charge < -0.3 is 10.2 Å². The Kier molecular flexibility index (Phi) is 6.33. The molecule has 9 heteroatoms. The summed E-state index contributed by atoms with van der Waals surface area (Å²) in [7, 11) is 0. The fraction of sp³-hybridized carbons (Fsp3) is 0.0952. The fourth-order valence-corrected chi connectivity index (χ4v) is 2.91. The molecule has 0 aromatic heterocycles. The molecule has 0 atom stereocenters. The van der Waals surface area contributed by atoms with Crippen LogP contribution in [0.4, 0.5) is 22.7 Å². The van der Waals surface area contributed by atoms with Crippen molar-refractivity contribution >= 4 is 28.7 Å². The third-order valence-electron chi connectivity index (χ3n) is 4.32. The number of rotatable bonds is 8. The van der Waals surface area contributed by atoms with E-state index < -0.39 is 27.1 Å². The van der Waals surface area contributed by atoms with Gasteiger partial charge in [-0.1, -0.05) is 36.4 Å². The van der Waals surface area contributed by atoms with Crippen LogP contribution in [0.2, 0.25) is 0 Å². The van der Waals surface area contributed by atoms with E-state index in [4.69, 9.17) is 0 Å². The Balaban J connectivity index is 1.90. The second kappa shape index (κ2) is 9.28. The van der Waals surface area contributed by atoms with E-state index in [1.165, 1.54) is 4.90 Å². The second-order valence-corrected chi connectivity index (χ2v) is 6.34. The first kappa shape index (κ1) is 20.5. The molecule has 3 rings (SSSR count). The highest BCUT2D eigenvalue weighted by atomic mass is 16.6. The molecule has 0 heterocycles. The van der Waals surface area contributed by atoms with Gasteiger partial charge >= 0.3 is 0 Å². The lowest BCUT2D eigenvalue weighted by Crippen LogP contribution is -2.35. The zero-order valence-electron chi connectivity index (χ0n) is 15.8. The number of anilines is 2. The van der Waals surface area contributed by atoms with E-state index in [1.54, 1.807) is 30.3 Å². The molecule has 3 aromatic carbocycles. The summed E-state index contributed by atoms with van der Waals surface area (Å²) in [6.07, 6.45) is 0. The van der Waals surface area contributed by atoms with Crippen LogP contribution < -0.4 is 10.2 Å². The summed E-state index contributed by atoms with van der Waals surface area (Å²) in [5, 5.41) is 25.5. The Hall–Kier alpha value is -4.27. The van der Waals surface area contributed by atoms with Crippen LogP contribution in [-0.2, 0) is 0 Å². The smallest absolute Gasteiger partial charge is 0.277 e. The minimum absolute atomic E-state index is 0.125. The quantitative estimate of drug-likeness (QED) is 0.441. The first-order chi connectivity index (χ1) is 14.5. The fourth-order valence-electron chi connectivity index (χ4n) is 2.91. The molecule has 0 saturated heterocycles. The molecule has 1 N–H and O–H groups in total. The molecule has 0 fully saturated rings. The number of carbonyl (C=O) groups is 1. The molecular weight excluding hydrogens is 388 g/mol. The molecule has 30 heavy (non-hydrogen) atoms. The summed E-state index contributed by atoms with van der Waals surface area (Å²) >= 11 is 0. The SMILES string of the molecule is O=C(c1cc([N+](=O)[O-])cc([N+](=O)[O-])c1)N(CCNc1ccccc1)c1ccccc1. The van der Waals surface area contributed by atoms with Gasteiger partial charge in [-0.15, -0.1) is 0 Å². The maximum Gasteiger partial charge on any atom is 0.277 e. The number of para-hydroxylation sites is 2. The van der Waals surface area contributed by atoms with Gasteiger partial charge in [0.05, 0.1) is 21.5 Å². The van der Waals surface area contributed by atoms with E-state index in [2.05, 4.69) is 5.32 Å². The predicted octanol–water partition coefficient (Wildman–Crippen LogP) is 4.26. The monoisotopic (exact) mass is 406 g/mol. The van der Waals surface area contributed by atoms with Crippen LogP contribution in [0.3, 0.4) is 0 Å². The molecule has 0 bridgehead atoms. The predicted molar refractivity (Wildman–Crippen MR) is 113 cm³/mol. The number of non-ortho nitro benzene ring substituents is 2. The number of nitrogens with one attached hydrogen (secondary N) is 1. The highest BCUT2D eigenvalue weighted by Crippen LogP contribution is 2.25. The van der Waals surface area contributed by atoms with E-state index in [0.717, 1.165) is 23.9 Å². The topological polar surface area (TPSA) is 119 Å². The van der Waals surface area contributed by atoms with Crippen LogP contribution in [-0.4, -0.2) is 28.8 Å². The van der Waals surface area contributed by atoms with Gasteiger partial charge in [0, 0.05) is 36.6 Å². The summed E-state index contributed by atoms with van der Waals surface area (Å²) in [5.74, 6) is -0.567. The van der Waals surface area contributed by atoms with E-state index in [9.17, 15) is 25.0 Å². The summed E-state index contributed by atoms with van der Waals surface area (Å²) in [4.78, 5) is 35.4. The number of hydrogen-bond donors (Lipinski definition) is 1. The number of hydrogen-bond acceptors (Lipinski definition) is 6. The molecule has 1 amide bonds. The summed E-state index contributed by atoms with van der Waals surface area (Å²) in [6, 6.07) is 21.1. The Morgan fingerprint density at radius 1 is 0.833 bits per heavy atom. The Bertz CT molecular complexity index is 1030. The molecule has 0 aliphatic carbocycles. The van der Waals surface area contributed by atoms with Crippen molar-refractivity contribution in [1.29, 1.82) is 0 Å². The third-order valence-corrected chi connectivity index (χ3v) is 4.32. The van der Waals surface area contributed by atoms with Crippen molar-refractivity contribution in [2.24, 2.45) is 0 Å². The number of amides is 1. The molecule has 0 radical (unpaired) electrons. The van der Waals surface area contributed by atoms with Gasteiger partial charge in [-0.05, 0) is 24.3 Å². The Labute approximate surface area is 171 Å². The van der Waals surface area contributed by atoms with Crippen LogP contribution >= 0.6 is 0 Å².